The highest BCUT2D eigenvalue weighted by Gasteiger charge is 2.18. The predicted octanol–water partition coefficient (Wildman–Crippen LogP) is 3.51. The summed E-state index contributed by atoms with van der Waals surface area (Å²) in [6.45, 7) is 0. The normalized spacial score (nSPS) is 11.2. The third kappa shape index (κ3) is 4.44. The Morgan fingerprint density at radius 1 is 1.15 bits per heavy atom. The zero-order valence-electron chi connectivity index (χ0n) is 14.4. The van der Waals surface area contributed by atoms with Gasteiger partial charge in [-0.2, -0.15) is 0 Å². The van der Waals surface area contributed by atoms with E-state index in [0.29, 0.717) is 15.8 Å². The van der Waals surface area contributed by atoms with Crippen molar-refractivity contribution in [1.82, 2.24) is 10.2 Å². The number of benzene rings is 2. The first-order valence-corrected chi connectivity index (χ1v) is 10.7. The van der Waals surface area contributed by atoms with Gasteiger partial charge in [0.25, 0.3) is 5.91 Å². The van der Waals surface area contributed by atoms with E-state index in [2.05, 4.69) is 15.5 Å². The number of nitrogens with zero attached hydrogens (tertiary/aromatic N) is 3. The molecule has 2 aromatic carbocycles. The molecule has 0 aliphatic carbocycles. The lowest BCUT2D eigenvalue weighted by atomic mass is 10.2. The van der Waals surface area contributed by atoms with E-state index < -0.39 is 15.9 Å². The summed E-state index contributed by atoms with van der Waals surface area (Å²) >= 11 is 7.34. The van der Waals surface area contributed by atoms with Crippen LogP contribution in [-0.4, -0.2) is 37.8 Å². The molecule has 1 amide bonds. The summed E-state index contributed by atoms with van der Waals surface area (Å²) in [7, 11) is -2.06. The first-order chi connectivity index (χ1) is 12.8. The number of hydrogen-bond acceptors (Lipinski definition) is 6. The molecule has 0 bridgehead atoms. The highest BCUT2D eigenvalue weighted by Crippen LogP contribution is 2.28. The lowest BCUT2D eigenvalue weighted by molar-refractivity contribution is 0.102. The molecule has 1 heterocycles. The Labute approximate surface area is 165 Å². The summed E-state index contributed by atoms with van der Waals surface area (Å²) in [4.78, 5) is 12.6. The minimum atomic E-state index is -3.46. The molecule has 7 nitrogen and oxygen atoms in total. The van der Waals surface area contributed by atoms with Crippen LogP contribution in [-0.2, 0) is 10.0 Å². The Morgan fingerprint density at radius 3 is 2.52 bits per heavy atom. The SMILES string of the molecule is CN(c1ccc(Cl)c(C(=O)Nc2nnc(-c3ccccc3)s2)c1)S(C)(=O)=O. The average molecular weight is 423 g/mol. The summed E-state index contributed by atoms with van der Waals surface area (Å²) in [5.41, 5.74) is 1.36. The standard InChI is InChI=1S/C17H15ClN4O3S2/c1-22(27(2,24)25)12-8-9-14(18)13(10-12)15(23)19-17-21-20-16(26-17)11-6-4-3-5-7-11/h3-10H,1-2H3,(H,19,21,23). The molecule has 140 valence electrons. The Morgan fingerprint density at radius 2 is 1.85 bits per heavy atom. The van der Waals surface area contributed by atoms with Crippen molar-refractivity contribution in [3.05, 3.63) is 59.1 Å². The van der Waals surface area contributed by atoms with Crippen molar-refractivity contribution in [3.8, 4) is 10.6 Å². The Kier molecular flexibility index (Phi) is 5.45. The molecule has 0 aliphatic heterocycles. The highest BCUT2D eigenvalue weighted by molar-refractivity contribution is 7.92. The molecule has 1 aromatic heterocycles. The number of hydrogen-bond donors (Lipinski definition) is 1. The van der Waals surface area contributed by atoms with Gasteiger partial charge in [-0.15, -0.1) is 10.2 Å². The molecule has 0 saturated heterocycles. The molecule has 3 rings (SSSR count). The minimum absolute atomic E-state index is 0.140. The maximum absolute atomic E-state index is 12.6. The van der Waals surface area contributed by atoms with Gasteiger partial charge in [0.1, 0.15) is 5.01 Å². The zero-order valence-corrected chi connectivity index (χ0v) is 16.8. The Balaban J connectivity index is 1.84. The minimum Gasteiger partial charge on any atom is -0.296 e. The van der Waals surface area contributed by atoms with Gasteiger partial charge in [-0.1, -0.05) is 53.3 Å². The van der Waals surface area contributed by atoms with Gasteiger partial charge in [0, 0.05) is 12.6 Å². The van der Waals surface area contributed by atoms with Gasteiger partial charge in [0.2, 0.25) is 15.2 Å². The number of amides is 1. The fourth-order valence-corrected chi connectivity index (χ4v) is 3.65. The summed E-state index contributed by atoms with van der Waals surface area (Å²) < 4.78 is 24.5. The van der Waals surface area contributed by atoms with E-state index in [1.807, 2.05) is 30.3 Å². The van der Waals surface area contributed by atoms with Crippen LogP contribution < -0.4 is 9.62 Å². The monoisotopic (exact) mass is 422 g/mol. The smallest absolute Gasteiger partial charge is 0.259 e. The van der Waals surface area contributed by atoms with E-state index in [1.54, 1.807) is 0 Å². The van der Waals surface area contributed by atoms with Crippen molar-refractivity contribution in [3.63, 3.8) is 0 Å². The summed E-state index contributed by atoms with van der Waals surface area (Å²) in [6.07, 6.45) is 1.08. The third-order valence-corrected chi connectivity index (χ3v) is 6.14. The lowest BCUT2D eigenvalue weighted by Gasteiger charge is -2.17. The first-order valence-electron chi connectivity index (χ1n) is 7.69. The zero-order chi connectivity index (χ0) is 19.6. The number of sulfonamides is 1. The van der Waals surface area contributed by atoms with Gasteiger partial charge in [0.05, 0.1) is 22.5 Å². The summed E-state index contributed by atoms with van der Waals surface area (Å²) in [5.74, 6) is -0.500. The number of aromatic nitrogens is 2. The van der Waals surface area contributed by atoms with Gasteiger partial charge >= 0.3 is 0 Å². The number of anilines is 2. The van der Waals surface area contributed by atoms with Crippen molar-refractivity contribution in [2.75, 3.05) is 22.9 Å². The molecule has 0 atom stereocenters. The molecular weight excluding hydrogens is 408 g/mol. The maximum Gasteiger partial charge on any atom is 0.259 e. The second-order valence-electron chi connectivity index (χ2n) is 5.63. The quantitative estimate of drug-likeness (QED) is 0.679. The fraction of sp³-hybridized carbons (Fsp3) is 0.118. The predicted molar refractivity (Wildman–Crippen MR) is 108 cm³/mol. The van der Waals surface area contributed by atoms with Crippen molar-refractivity contribution >= 4 is 49.7 Å². The molecule has 0 spiro atoms. The second-order valence-corrected chi connectivity index (χ2v) is 9.03. The Hall–Kier alpha value is -2.49. The molecule has 0 saturated carbocycles. The highest BCUT2D eigenvalue weighted by atomic mass is 35.5. The fourth-order valence-electron chi connectivity index (χ4n) is 2.21. The van der Waals surface area contributed by atoms with Gasteiger partial charge < -0.3 is 0 Å². The van der Waals surface area contributed by atoms with Crippen LogP contribution in [0.3, 0.4) is 0 Å². The lowest BCUT2D eigenvalue weighted by Crippen LogP contribution is -2.25. The van der Waals surface area contributed by atoms with E-state index in [1.165, 1.54) is 36.6 Å². The summed E-state index contributed by atoms with van der Waals surface area (Å²) in [5, 5.41) is 11.9. The van der Waals surface area contributed by atoms with Gasteiger partial charge in [0.15, 0.2) is 0 Å². The van der Waals surface area contributed by atoms with Crippen LogP contribution in [0.1, 0.15) is 10.4 Å². The largest absolute Gasteiger partial charge is 0.296 e. The number of nitrogens with one attached hydrogen (secondary N) is 1. The Bertz CT molecular complexity index is 1080. The van der Waals surface area contributed by atoms with Crippen LogP contribution in [0, 0.1) is 0 Å². The topological polar surface area (TPSA) is 92.3 Å². The number of rotatable bonds is 5. The van der Waals surface area contributed by atoms with Crippen LogP contribution in [0.2, 0.25) is 5.02 Å². The summed E-state index contributed by atoms with van der Waals surface area (Å²) in [6, 6.07) is 13.9. The molecule has 0 aliphatic rings. The number of carbonyl (C=O) groups excluding carboxylic acids is 1. The van der Waals surface area contributed by atoms with Crippen LogP contribution in [0.25, 0.3) is 10.6 Å². The first kappa shape index (κ1) is 19.3. The van der Waals surface area contributed by atoms with E-state index >= 15 is 0 Å². The molecule has 27 heavy (non-hydrogen) atoms. The van der Waals surface area contributed by atoms with E-state index in [-0.39, 0.29) is 10.6 Å². The van der Waals surface area contributed by atoms with Crippen molar-refractivity contribution in [1.29, 1.82) is 0 Å². The van der Waals surface area contributed by atoms with Gasteiger partial charge in [-0.3, -0.25) is 14.4 Å². The molecule has 10 heteroatoms. The molecule has 0 fully saturated rings. The van der Waals surface area contributed by atoms with Crippen LogP contribution in [0.15, 0.2) is 48.5 Å². The van der Waals surface area contributed by atoms with Crippen molar-refractivity contribution in [2.45, 2.75) is 0 Å². The van der Waals surface area contributed by atoms with E-state index in [9.17, 15) is 13.2 Å². The molecule has 0 radical (unpaired) electrons. The number of carbonyl (C=O) groups is 1. The van der Waals surface area contributed by atoms with Crippen molar-refractivity contribution in [2.24, 2.45) is 0 Å². The van der Waals surface area contributed by atoms with Crippen LogP contribution in [0.4, 0.5) is 10.8 Å². The second kappa shape index (κ2) is 7.63. The van der Waals surface area contributed by atoms with Crippen molar-refractivity contribution < 1.29 is 13.2 Å². The average Bonchev–Trinajstić information content (AvgIpc) is 3.10. The van der Waals surface area contributed by atoms with Gasteiger partial charge in [-0.05, 0) is 18.2 Å². The van der Waals surface area contributed by atoms with Crippen LogP contribution in [0.5, 0.6) is 0 Å². The van der Waals surface area contributed by atoms with E-state index in [4.69, 9.17) is 11.6 Å². The third-order valence-electron chi connectivity index (χ3n) is 3.72. The number of halogens is 1. The molecule has 0 unspecified atom stereocenters. The molecule has 3 aromatic rings. The molecular formula is C17H15ClN4O3S2. The maximum atomic E-state index is 12.6. The van der Waals surface area contributed by atoms with E-state index in [0.717, 1.165) is 16.1 Å². The molecule has 1 N–H and O–H groups in total. The van der Waals surface area contributed by atoms with Gasteiger partial charge in [-0.25, -0.2) is 8.42 Å². The van der Waals surface area contributed by atoms with Crippen LogP contribution >= 0.6 is 22.9 Å².